The Morgan fingerprint density at radius 1 is 1.50 bits per heavy atom. The molecule has 0 spiro atoms. The fourth-order valence-corrected chi connectivity index (χ4v) is 0.999. The molecule has 3 nitrogen and oxygen atoms in total. The number of ether oxygens (including phenoxy) is 1. The third kappa shape index (κ3) is 1.56. The van der Waals surface area contributed by atoms with Crippen molar-refractivity contribution in [3.05, 3.63) is 29.3 Å². The topological polar surface area (TPSA) is 49.2 Å². The van der Waals surface area contributed by atoms with Gasteiger partial charge in [0.2, 0.25) is 0 Å². The molecule has 0 aliphatic heterocycles. The van der Waals surface area contributed by atoms with Gasteiger partial charge in [-0.1, -0.05) is 6.07 Å². The molecule has 12 heavy (non-hydrogen) atoms. The Morgan fingerprint density at radius 2 is 2.17 bits per heavy atom. The Balaban J connectivity index is 3.21. The number of hydrogen-bond donors (Lipinski definition) is 0. The summed E-state index contributed by atoms with van der Waals surface area (Å²) in [5.74, 6) is -0.254. The lowest BCUT2D eigenvalue weighted by Gasteiger charge is -2.01. The van der Waals surface area contributed by atoms with E-state index in [9.17, 15) is 4.79 Å². The maximum Gasteiger partial charge on any atom is 0.552 e. The summed E-state index contributed by atoms with van der Waals surface area (Å²) in [6, 6.07) is 5.18. The first kappa shape index (κ1) is 8.59. The van der Waals surface area contributed by atoms with Crippen molar-refractivity contribution in [2.45, 2.75) is 6.92 Å². The van der Waals surface area contributed by atoms with Gasteiger partial charge in [-0.2, -0.15) is 0 Å². The molecule has 0 fully saturated rings. The van der Waals surface area contributed by atoms with E-state index in [-0.39, 0.29) is 0 Å². The van der Waals surface area contributed by atoms with E-state index in [1.165, 1.54) is 7.11 Å². The molecule has 1 aromatic rings. The lowest BCUT2D eigenvalue weighted by molar-refractivity contribution is 0.0693. The quantitative estimate of drug-likeness (QED) is 0.613. The van der Waals surface area contributed by atoms with Crippen LogP contribution in [0.25, 0.3) is 0 Å². The van der Waals surface area contributed by atoms with E-state index in [1.807, 2.05) is 13.0 Å². The highest BCUT2D eigenvalue weighted by Gasteiger charge is 2.17. The molecule has 1 aromatic carbocycles. The second-order valence-corrected chi connectivity index (χ2v) is 2.53. The first-order chi connectivity index (χ1) is 5.65. The van der Waals surface area contributed by atoms with Crippen LogP contribution in [-0.4, -0.2) is 18.2 Å². The van der Waals surface area contributed by atoms with Crippen molar-refractivity contribution >= 4 is 5.97 Å². The molecule has 0 heterocycles. The van der Waals surface area contributed by atoms with Crippen molar-refractivity contribution in [3.8, 4) is 5.75 Å². The number of carbonyl (C=O) groups excluding carboxylic acids is 1. The van der Waals surface area contributed by atoms with Gasteiger partial charge >= 0.3 is 5.97 Å². The average molecular weight is 167 g/mol. The Morgan fingerprint density at radius 3 is 2.67 bits per heavy atom. The van der Waals surface area contributed by atoms with Crippen molar-refractivity contribution in [1.29, 1.82) is 0 Å². The Kier molecular flexibility index (Phi) is 2.33. The molecule has 0 radical (unpaired) electrons. The van der Waals surface area contributed by atoms with E-state index in [0.29, 0.717) is 11.3 Å². The maximum atomic E-state index is 10.8. The van der Waals surface area contributed by atoms with Gasteiger partial charge in [0, 0.05) is 4.79 Å². The largest absolute Gasteiger partial charge is 0.561 e. The Bertz CT molecular complexity index is 305. The van der Waals surface area contributed by atoms with Gasteiger partial charge in [-0.25, -0.2) is 0 Å². The number of hydrogen-bond acceptors (Lipinski definition) is 2. The van der Waals surface area contributed by atoms with Crippen LogP contribution in [0.1, 0.15) is 15.9 Å². The smallest absolute Gasteiger partial charge is 0.552 e. The summed E-state index contributed by atoms with van der Waals surface area (Å²) in [5, 5.41) is 6.94. The van der Waals surface area contributed by atoms with E-state index < -0.39 is 5.97 Å². The predicted molar refractivity (Wildman–Crippen MR) is 45.7 cm³/mol. The van der Waals surface area contributed by atoms with Gasteiger partial charge in [0.1, 0.15) is 5.75 Å². The first-order valence-corrected chi connectivity index (χ1v) is 3.55. The highest BCUT2D eigenvalue weighted by molar-refractivity contribution is 5.91. The van der Waals surface area contributed by atoms with E-state index in [1.54, 1.807) is 12.1 Å². The molecule has 0 saturated carbocycles. The maximum absolute atomic E-state index is 10.8. The molecular formula is C9H11O3+. The second kappa shape index (κ2) is 3.26. The van der Waals surface area contributed by atoms with Gasteiger partial charge in [0.15, 0.2) is 5.56 Å². The van der Waals surface area contributed by atoms with Crippen LogP contribution in [0.15, 0.2) is 18.2 Å². The average Bonchev–Trinajstić information content (AvgIpc) is 2.04. The number of benzene rings is 1. The van der Waals surface area contributed by atoms with Gasteiger partial charge in [0.05, 0.1) is 7.11 Å². The number of carbonyl (C=O) groups is 1. The molecule has 1 rings (SSSR count). The van der Waals surface area contributed by atoms with Gasteiger partial charge in [-0.15, -0.1) is 0 Å². The van der Waals surface area contributed by atoms with Crippen molar-refractivity contribution in [3.63, 3.8) is 0 Å². The molecule has 0 amide bonds. The van der Waals surface area contributed by atoms with Crippen LogP contribution in [0.5, 0.6) is 5.75 Å². The first-order valence-electron chi connectivity index (χ1n) is 3.55. The standard InChI is InChI=1S/C9H10O3/c1-6-3-4-8(12-2)7(5-6)9(10)11/h3-5H,1-2H3,(H,10,11)/p+1. The van der Waals surface area contributed by atoms with Crippen LogP contribution in [0, 0.1) is 6.92 Å². The normalized spacial score (nSPS) is 9.50. The molecule has 0 atom stereocenters. The van der Waals surface area contributed by atoms with Crippen LogP contribution in [0.2, 0.25) is 0 Å². The minimum Gasteiger partial charge on any atom is -0.561 e. The van der Waals surface area contributed by atoms with Crippen LogP contribution in [0.3, 0.4) is 0 Å². The molecule has 64 valence electrons. The van der Waals surface area contributed by atoms with E-state index >= 15 is 0 Å². The minimum atomic E-state index is -0.712. The van der Waals surface area contributed by atoms with E-state index in [2.05, 4.69) is 0 Å². The van der Waals surface area contributed by atoms with Crippen molar-refractivity contribution < 1.29 is 14.6 Å². The zero-order valence-electron chi connectivity index (χ0n) is 7.05. The highest BCUT2D eigenvalue weighted by Crippen LogP contribution is 2.18. The molecule has 0 aliphatic carbocycles. The molecule has 0 unspecified atom stereocenters. The van der Waals surface area contributed by atoms with Crippen LogP contribution in [0.4, 0.5) is 0 Å². The Hall–Kier alpha value is -1.51. The van der Waals surface area contributed by atoms with Gasteiger partial charge < -0.3 is 9.84 Å². The highest BCUT2D eigenvalue weighted by atomic mass is 16.5. The van der Waals surface area contributed by atoms with Crippen LogP contribution in [-0.2, 0) is 0 Å². The molecule has 0 aliphatic rings. The lowest BCUT2D eigenvalue weighted by atomic mass is 10.1. The number of aryl methyl sites for hydroxylation is 1. The summed E-state index contributed by atoms with van der Waals surface area (Å²) in [6.45, 7) is 1.87. The number of methoxy groups -OCH3 is 1. The van der Waals surface area contributed by atoms with E-state index in [4.69, 9.17) is 9.84 Å². The van der Waals surface area contributed by atoms with Crippen molar-refractivity contribution in [1.82, 2.24) is 0 Å². The monoisotopic (exact) mass is 167 g/mol. The molecule has 3 heteroatoms. The third-order valence-corrected chi connectivity index (χ3v) is 1.60. The zero-order chi connectivity index (χ0) is 9.14. The summed E-state index contributed by atoms with van der Waals surface area (Å²) in [7, 11) is 1.48. The summed E-state index contributed by atoms with van der Waals surface area (Å²) < 4.78 is 4.92. The van der Waals surface area contributed by atoms with Crippen LogP contribution >= 0.6 is 0 Å². The van der Waals surface area contributed by atoms with Crippen LogP contribution < -0.4 is 4.74 Å². The minimum absolute atomic E-state index is 0.317. The van der Waals surface area contributed by atoms with E-state index in [0.717, 1.165) is 5.56 Å². The summed E-state index contributed by atoms with van der Waals surface area (Å²) in [4.78, 5) is 10.8. The molecule has 0 bridgehead atoms. The molecule has 2 N–H and O–H groups in total. The van der Waals surface area contributed by atoms with Gasteiger partial charge in [0.25, 0.3) is 0 Å². The predicted octanol–water partition coefficient (Wildman–Crippen LogP) is 0.868. The SMILES string of the molecule is COc1ccc(C)cc1C(=O)[OH2+]. The fraction of sp³-hybridized carbons (Fsp3) is 0.222. The molecule has 0 saturated heterocycles. The second-order valence-electron chi connectivity index (χ2n) is 2.53. The number of rotatable bonds is 2. The van der Waals surface area contributed by atoms with Gasteiger partial charge in [-0.05, 0) is 24.6 Å². The summed E-state index contributed by atoms with van der Waals surface area (Å²) >= 11 is 0. The Labute approximate surface area is 70.6 Å². The zero-order valence-corrected chi connectivity index (χ0v) is 7.05. The summed E-state index contributed by atoms with van der Waals surface area (Å²) in [6.07, 6.45) is 0. The van der Waals surface area contributed by atoms with Crippen molar-refractivity contribution in [2.24, 2.45) is 0 Å². The summed E-state index contributed by atoms with van der Waals surface area (Å²) in [5.41, 5.74) is 1.27. The lowest BCUT2D eigenvalue weighted by Crippen LogP contribution is -2.00. The fourth-order valence-electron chi connectivity index (χ4n) is 0.999. The molecular weight excluding hydrogens is 156 g/mol. The van der Waals surface area contributed by atoms with Crippen molar-refractivity contribution in [2.75, 3.05) is 7.11 Å². The molecule has 0 aromatic heterocycles. The van der Waals surface area contributed by atoms with Gasteiger partial charge in [-0.3, -0.25) is 0 Å². The third-order valence-electron chi connectivity index (χ3n) is 1.60.